The molecule has 0 bridgehead atoms. The lowest BCUT2D eigenvalue weighted by atomic mass is 10.2. The van der Waals surface area contributed by atoms with Gasteiger partial charge in [0.2, 0.25) is 11.8 Å². The number of hydrogen-bond acceptors (Lipinski definition) is 5. The standard InChI is InChI=1S/C26H23N3O2/c1-3-8-20(9-4-1)18-30-24-14-13-23(29-17-15-22-12-7-16-27-25(22)29)26(28-24)31-19-21-10-5-2-6-11-21/h1-14,16H,15,17-19H2. The summed E-state index contributed by atoms with van der Waals surface area (Å²) in [6.45, 7) is 1.74. The second-order valence-corrected chi connectivity index (χ2v) is 7.41. The zero-order valence-electron chi connectivity index (χ0n) is 17.1. The van der Waals surface area contributed by atoms with Crippen molar-refractivity contribution in [3.63, 3.8) is 0 Å². The van der Waals surface area contributed by atoms with Crippen LogP contribution in [0.1, 0.15) is 16.7 Å². The molecule has 0 saturated carbocycles. The van der Waals surface area contributed by atoms with Crippen LogP contribution in [0.4, 0.5) is 11.5 Å². The zero-order chi connectivity index (χ0) is 20.9. The molecule has 0 radical (unpaired) electrons. The summed E-state index contributed by atoms with van der Waals surface area (Å²) in [7, 11) is 0. The maximum Gasteiger partial charge on any atom is 0.241 e. The van der Waals surface area contributed by atoms with Crippen LogP contribution in [0.15, 0.2) is 91.1 Å². The van der Waals surface area contributed by atoms with Crippen molar-refractivity contribution in [1.82, 2.24) is 9.97 Å². The Morgan fingerprint density at radius 3 is 2.19 bits per heavy atom. The first-order chi connectivity index (χ1) is 15.4. The molecule has 4 aromatic rings. The molecule has 2 aromatic carbocycles. The normalized spacial score (nSPS) is 12.5. The monoisotopic (exact) mass is 409 g/mol. The molecule has 154 valence electrons. The molecule has 0 N–H and O–H groups in total. The predicted octanol–water partition coefficient (Wildman–Crippen LogP) is 5.33. The van der Waals surface area contributed by atoms with Crippen LogP contribution >= 0.6 is 0 Å². The van der Waals surface area contributed by atoms with Crippen molar-refractivity contribution in [3.8, 4) is 11.8 Å². The third-order valence-corrected chi connectivity index (χ3v) is 5.28. The van der Waals surface area contributed by atoms with E-state index in [1.807, 2.05) is 85.1 Å². The molecule has 2 aromatic heterocycles. The van der Waals surface area contributed by atoms with Gasteiger partial charge in [0.25, 0.3) is 0 Å². The molecule has 31 heavy (non-hydrogen) atoms. The van der Waals surface area contributed by atoms with Crippen molar-refractivity contribution in [3.05, 3.63) is 108 Å². The summed E-state index contributed by atoms with van der Waals surface area (Å²) in [4.78, 5) is 11.5. The van der Waals surface area contributed by atoms with E-state index in [1.54, 1.807) is 0 Å². The molecule has 0 atom stereocenters. The van der Waals surface area contributed by atoms with E-state index in [0.717, 1.165) is 35.6 Å². The first-order valence-corrected chi connectivity index (χ1v) is 10.4. The van der Waals surface area contributed by atoms with E-state index in [0.29, 0.717) is 25.0 Å². The average molecular weight is 409 g/mol. The van der Waals surface area contributed by atoms with Gasteiger partial charge in [-0.2, -0.15) is 4.98 Å². The fourth-order valence-electron chi connectivity index (χ4n) is 3.71. The van der Waals surface area contributed by atoms with E-state index < -0.39 is 0 Å². The molecule has 0 unspecified atom stereocenters. The van der Waals surface area contributed by atoms with Gasteiger partial charge in [0.05, 0.1) is 0 Å². The van der Waals surface area contributed by atoms with Crippen LogP contribution in [0.5, 0.6) is 11.8 Å². The molecule has 1 aliphatic heterocycles. The Morgan fingerprint density at radius 1 is 0.742 bits per heavy atom. The molecular formula is C26H23N3O2. The van der Waals surface area contributed by atoms with Gasteiger partial charge in [-0.05, 0) is 35.2 Å². The highest BCUT2D eigenvalue weighted by atomic mass is 16.5. The molecule has 0 fully saturated rings. The number of pyridine rings is 2. The van der Waals surface area contributed by atoms with E-state index in [4.69, 9.17) is 14.5 Å². The van der Waals surface area contributed by atoms with Gasteiger partial charge in [-0.1, -0.05) is 66.7 Å². The Hall–Kier alpha value is -3.86. The SMILES string of the molecule is c1ccc(COc2ccc(N3CCc4cccnc43)c(OCc3ccccc3)n2)cc1. The van der Waals surface area contributed by atoms with E-state index in [9.17, 15) is 0 Å². The van der Waals surface area contributed by atoms with Crippen molar-refractivity contribution in [2.24, 2.45) is 0 Å². The number of fused-ring (bicyclic) bond motifs is 1. The van der Waals surface area contributed by atoms with E-state index in [2.05, 4.69) is 16.0 Å². The van der Waals surface area contributed by atoms with Gasteiger partial charge >= 0.3 is 0 Å². The fourth-order valence-corrected chi connectivity index (χ4v) is 3.71. The largest absolute Gasteiger partial charge is 0.473 e. The smallest absolute Gasteiger partial charge is 0.241 e. The second-order valence-electron chi connectivity index (χ2n) is 7.41. The second kappa shape index (κ2) is 8.88. The molecule has 0 saturated heterocycles. The summed E-state index contributed by atoms with van der Waals surface area (Å²) in [5.74, 6) is 2.05. The lowest BCUT2D eigenvalue weighted by Crippen LogP contribution is -2.16. The van der Waals surface area contributed by atoms with Gasteiger partial charge in [0.1, 0.15) is 24.7 Å². The van der Waals surface area contributed by atoms with Crippen LogP contribution in [-0.4, -0.2) is 16.5 Å². The number of aromatic nitrogens is 2. The number of rotatable bonds is 7. The van der Waals surface area contributed by atoms with Gasteiger partial charge < -0.3 is 14.4 Å². The van der Waals surface area contributed by atoms with Crippen LogP contribution in [0.2, 0.25) is 0 Å². The number of nitrogens with zero attached hydrogens (tertiary/aromatic N) is 3. The molecule has 0 amide bonds. The third kappa shape index (κ3) is 4.36. The van der Waals surface area contributed by atoms with E-state index in [-0.39, 0.29) is 0 Å². The molecule has 0 spiro atoms. The molecule has 5 rings (SSSR count). The van der Waals surface area contributed by atoms with Gasteiger partial charge in [-0.3, -0.25) is 0 Å². The predicted molar refractivity (Wildman–Crippen MR) is 121 cm³/mol. The molecule has 1 aliphatic rings. The summed E-state index contributed by atoms with van der Waals surface area (Å²) in [5, 5.41) is 0. The fraction of sp³-hybridized carbons (Fsp3) is 0.154. The summed E-state index contributed by atoms with van der Waals surface area (Å²) in [6, 6.07) is 28.2. The van der Waals surface area contributed by atoms with E-state index in [1.165, 1.54) is 5.56 Å². The first-order valence-electron chi connectivity index (χ1n) is 10.4. The van der Waals surface area contributed by atoms with Crippen LogP contribution in [0, 0.1) is 0 Å². The Balaban J connectivity index is 1.42. The van der Waals surface area contributed by atoms with Crippen molar-refractivity contribution in [1.29, 1.82) is 0 Å². The van der Waals surface area contributed by atoms with Crippen molar-refractivity contribution in [2.75, 3.05) is 11.4 Å². The zero-order valence-corrected chi connectivity index (χ0v) is 17.1. The molecular weight excluding hydrogens is 386 g/mol. The van der Waals surface area contributed by atoms with Gasteiger partial charge in [-0.15, -0.1) is 0 Å². The summed E-state index contributed by atoms with van der Waals surface area (Å²) >= 11 is 0. The van der Waals surface area contributed by atoms with Crippen molar-refractivity contribution >= 4 is 11.5 Å². The molecule has 0 aliphatic carbocycles. The van der Waals surface area contributed by atoms with Crippen molar-refractivity contribution < 1.29 is 9.47 Å². The van der Waals surface area contributed by atoms with E-state index >= 15 is 0 Å². The van der Waals surface area contributed by atoms with Gasteiger partial charge in [0.15, 0.2) is 0 Å². The maximum atomic E-state index is 6.18. The number of hydrogen-bond donors (Lipinski definition) is 0. The third-order valence-electron chi connectivity index (χ3n) is 5.28. The molecule has 5 heteroatoms. The summed E-state index contributed by atoms with van der Waals surface area (Å²) in [6.07, 6.45) is 2.78. The lowest BCUT2D eigenvalue weighted by Gasteiger charge is -2.21. The Kier molecular flexibility index (Phi) is 5.48. The topological polar surface area (TPSA) is 47.5 Å². The minimum Gasteiger partial charge on any atom is -0.473 e. The molecule has 5 nitrogen and oxygen atoms in total. The Labute approximate surface area is 181 Å². The van der Waals surface area contributed by atoms with Crippen LogP contribution < -0.4 is 14.4 Å². The minimum absolute atomic E-state index is 0.436. The van der Waals surface area contributed by atoms with Crippen LogP contribution in [-0.2, 0) is 19.6 Å². The summed E-state index contributed by atoms with van der Waals surface area (Å²) in [5.41, 5.74) is 4.32. The number of ether oxygens (including phenoxy) is 2. The number of benzene rings is 2. The maximum absolute atomic E-state index is 6.18. The number of anilines is 2. The first kappa shape index (κ1) is 19.1. The minimum atomic E-state index is 0.436. The quantitative estimate of drug-likeness (QED) is 0.413. The average Bonchev–Trinajstić information content (AvgIpc) is 3.27. The highest BCUT2D eigenvalue weighted by molar-refractivity contribution is 5.70. The highest BCUT2D eigenvalue weighted by Crippen LogP contribution is 2.38. The van der Waals surface area contributed by atoms with Crippen molar-refractivity contribution in [2.45, 2.75) is 19.6 Å². The van der Waals surface area contributed by atoms with Crippen LogP contribution in [0.25, 0.3) is 0 Å². The summed E-state index contributed by atoms with van der Waals surface area (Å²) < 4.78 is 12.1. The van der Waals surface area contributed by atoms with Crippen LogP contribution in [0.3, 0.4) is 0 Å². The Bertz CT molecular complexity index is 1150. The highest BCUT2D eigenvalue weighted by Gasteiger charge is 2.25. The Morgan fingerprint density at radius 2 is 1.45 bits per heavy atom. The lowest BCUT2D eigenvalue weighted by molar-refractivity contribution is 0.268. The van der Waals surface area contributed by atoms with Gasteiger partial charge in [-0.25, -0.2) is 4.98 Å². The molecule has 3 heterocycles. The van der Waals surface area contributed by atoms with Gasteiger partial charge in [0, 0.05) is 18.8 Å².